The van der Waals surface area contributed by atoms with E-state index in [0.29, 0.717) is 27.8 Å². The summed E-state index contributed by atoms with van der Waals surface area (Å²) in [7, 11) is 0. The highest BCUT2D eigenvalue weighted by Gasteiger charge is 2.18. The van der Waals surface area contributed by atoms with Gasteiger partial charge in [0, 0.05) is 17.7 Å². The van der Waals surface area contributed by atoms with Crippen LogP contribution in [0.4, 0.5) is 10.1 Å². The maximum atomic E-state index is 13.2. The topological polar surface area (TPSA) is 47.6 Å². The van der Waals surface area contributed by atoms with E-state index < -0.39 is 11.7 Å². The molecule has 0 radical (unpaired) electrons. The SMILES string of the molecule is O=C(Nc1cc2c(cc1Cl)OCO2)c1ccc(F)c(Br)c1. The Bertz CT molecular complexity index is 738. The van der Waals surface area contributed by atoms with Crippen LogP contribution in [0.2, 0.25) is 5.02 Å². The van der Waals surface area contributed by atoms with Crippen LogP contribution in [0, 0.1) is 5.82 Å². The molecule has 0 spiro atoms. The van der Waals surface area contributed by atoms with E-state index in [9.17, 15) is 9.18 Å². The van der Waals surface area contributed by atoms with Crippen LogP contribution in [0.3, 0.4) is 0 Å². The number of hydrogen-bond donors (Lipinski definition) is 1. The molecule has 1 amide bonds. The summed E-state index contributed by atoms with van der Waals surface area (Å²) < 4.78 is 23.8. The lowest BCUT2D eigenvalue weighted by molar-refractivity contribution is 0.102. The summed E-state index contributed by atoms with van der Waals surface area (Å²) in [6.07, 6.45) is 0. The lowest BCUT2D eigenvalue weighted by atomic mass is 10.2. The average molecular weight is 373 g/mol. The van der Waals surface area contributed by atoms with Gasteiger partial charge in [0.2, 0.25) is 6.79 Å². The molecule has 21 heavy (non-hydrogen) atoms. The van der Waals surface area contributed by atoms with Crippen molar-refractivity contribution >= 4 is 39.1 Å². The molecule has 108 valence electrons. The minimum absolute atomic E-state index is 0.119. The summed E-state index contributed by atoms with van der Waals surface area (Å²) in [4.78, 5) is 12.1. The summed E-state index contributed by atoms with van der Waals surface area (Å²) in [5, 5.41) is 2.98. The van der Waals surface area contributed by atoms with Gasteiger partial charge in [-0.25, -0.2) is 4.39 Å². The number of nitrogens with one attached hydrogen (secondary N) is 1. The van der Waals surface area contributed by atoms with Gasteiger partial charge in [0.25, 0.3) is 5.91 Å². The molecular weight excluding hydrogens is 365 g/mol. The Hall–Kier alpha value is -1.79. The van der Waals surface area contributed by atoms with E-state index in [1.54, 1.807) is 12.1 Å². The van der Waals surface area contributed by atoms with Crippen LogP contribution in [-0.4, -0.2) is 12.7 Å². The molecule has 1 heterocycles. The first-order valence-electron chi connectivity index (χ1n) is 5.90. The summed E-state index contributed by atoms with van der Waals surface area (Å²) in [5.41, 5.74) is 0.698. The second-order valence-electron chi connectivity index (χ2n) is 4.27. The lowest BCUT2D eigenvalue weighted by Crippen LogP contribution is -2.12. The number of fused-ring (bicyclic) bond motifs is 1. The van der Waals surface area contributed by atoms with Gasteiger partial charge in [0.15, 0.2) is 11.5 Å². The van der Waals surface area contributed by atoms with E-state index in [1.807, 2.05) is 0 Å². The highest BCUT2D eigenvalue weighted by molar-refractivity contribution is 9.10. The standard InChI is InChI=1S/C14H8BrClFNO3/c15-8-3-7(1-2-10(8)17)14(19)18-11-5-13-12(4-9(11)16)20-6-21-13/h1-5H,6H2,(H,18,19). The first-order valence-corrected chi connectivity index (χ1v) is 7.07. The largest absolute Gasteiger partial charge is 0.454 e. The molecule has 3 rings (SSSR count). The van der Waals surface area contributed by atoms with Crippen molar-refractivity contribution < 1.29 is 18.7 Å². The van der Waals surface area contributed by atoms with Crippen molar-refractivity contribution in [3.63, 3.8) is 0 Å². The molecule has 0 saturated carbocycles. The van der Waals surface area contributed by atoms with Crippen molar-refractivity contribution in [2.75, 3.05) is 12.1 Å². The summed E-state index contributed by atoms with van der Waals surface area (Å²) >= 11 is 9.11. The van der Waals surface area contributed by atoms with Crippen LogP contribution in [0.1, 0.15) is 10.4 Å². The number of halogens is 3. The molecule has 7 heteroatoms. The molecule has 1 aliphatic heterocycles. The van der Waals surface area contributed by atoms with Gasteiger partial charge in [-0.2, -0.15) is 0 Å². The third kappa shape index (κ3) is 2.82. The molecular formula is C14H8BrClFNO3. The zero-order chi connectivity index (χ0) is 15.0. The quantitative estimate of drug-likeness (QED) is 0.858. The number of rotatable bonds is 2. The predicted molar refractivity (Wildman–Crippen MR) is 79.6 cm³/mol. The van der Waals surface area contributed by atoms with Gasteiger partial charge in [0.05, 0.1) is 15.2 Å². The minimum Gasteiger partial charge on any atom is -0.454 e. The van der Waals surface area contributed by atoms with E-state index in [4.69, 9.17) is 21.1 Å². The van der Waals surface area contributed by atoms with Crippen LogP contribution in [0.15, 0.2) is 34.8 Å². The monoisotopic (exact) mass is 371 g/mol. The number of carbonyl (C=O) groups excluding carboxylic acids is 1. The molecule has 0 atom stereocenters. The zero-order valence-electron chi connectivity index (χ0n) is 10.5. The summed E-state index contributed by atoms with van der Waals surface area (Å²) in [6, 6.07) is 7.14. The van der Waals surface area contributed by atoms with E-state index in [-0.39, 0.29) is 11.3 Å². The first-order chi connectivity index (χ1) is 10.0. The highest BCUT2D eigenvalue weighted by Crippen LogP contribution is 2.39. The van der Waals surface area contributed by atoms with Gasteiger partial charge in [0.1, 0.15) is 5.82 Å². The fourth-order valence-corrected chi connectivity index (χ4v) is 2.42. The van der Waals surface area contributed by atoms with Crippen LogP contribution < -0.4 is 14.8 Å². The Kier molecular flexibility index (Phi) is 3.73. The third-order valence-electron chi connectivity index (χ3n) is 2.89. The zero-order valence-corrected chi connectivity index (χ0v) is 12.8. The van der Waals surface area contributed by atoms with Crippen molar-refractivity contribution in [2.24, 2.45) is 0 Å². The van der Waals surface area contributed by atoms with Gasteiger partial charge in [-0.15, -0.1) is 0 Å². The van der Waals surface area contributed by atoms with E-state index in [0.717, 1.165) is 0 Å². The molecule has 0 unspecified atom stereocenters. The van der Waals surface area contributed by atoms with Crippen LogP contribution in [0.5, 0.6) is 11.5 Å². The van der Waals surface area contributed by atoms with Gasteiger partial charge >= 0.3 is 0 Å². The normalized spacial score (nSPS) is 12.3. The molecule has 0 bridgehead atoms. The number of carbonyl (C=O) groups is 1. The number of hydrogen-bond acceptors (Lipinski definition) is 3. The van der Waals surface area contributed by atoms with Crippen LogP contribution in [0.25, 0.3) is 0 Å². The Morgan fingerprint density at radius 2 is 1.95 bits per heavy atom. The highest BCUT2D eigenvalue weighted by atomic mass is 79.9. The third-order valence-corrected chi connectivity index (χ3v) is 3.81. The Labute approximate surface area is 132 Å². The van der Waals surface area contributed by atoms with Crippen LogP contribution in [-0.2, 0) is 0 Å². The second kappa shape index (κ2) is 5.54. The average Bonchev–Trinajstić information content (AvgIpc) is 2.89. The number of ether oxygens (including phenoxy) is 2. The van der Waals surface area contributed by atoms with Gasteiger partial charge in [-0.1, -0.05) is 11.6 Å². The molecule has 2 aromatic carbocycles. The van der Waals surface area contributed by atoms with Crippen molar-refractivity contribution in [3.8, 4) is 11.5 Å². The van der Waals surface area contributed by atoms with E-state index in [2.05, 4.69) is 21.2 Å². The number of anilines is 1. The lowest BCUT2D eigenvalue weighted by Gasteiger charge is -2.09. The van der Waals surface area contributed by atoms with Crippen molar-refractivity contribution in [1.29, 1.82) is 0 Å². The molecule has 0 saturated heterocycles. The van der Waals surface area contributed by atoms with E-state index >= 15 is 0 Å². The summed E-state index contributed by atoms with van der Waals surface area (Å²) in [5.74, 6) is 0.196. The second-order valence-corrected chi connectivity index (χ2v) is 5.53. The smallest absolute Gasteiger partial charge is 0.255 e. The molecule has 0 aliphatic carbocycles. The number of amides is 1. The molecule has 0 fully saturated rings. The van der Waals surface area contributed by atoms with Crippen LogP contribution >= 0.6 is 27.5 Å². The van der Waals surface area contributed by atoms with Gasteiger partial charge < -0.3 is 14.8 Å². The van der Waals surface area contributed by atoms with Gasteiger partial charge in [-0.3, -0.25) is 4.79 Å². The minimum atomic E-state index is -0.437. The number of benzene rings is 2. The fraction of sp³-hybridized carbons (Fsp3) is 0.0714. The molecule has 1 aliphatic rings. The fourth-order valence-electron chi connectivity index (χ4n) is 1.84. The Morgan fingerprint density at radius 3 is 2.67 bits per heavy atom. The molecule has 2 aromatic rings. The predicted octanol–water partition coefficient (Wildman–Crippen LogP) is 4.22. The Balaban J connectivity index is 1.86. The maximum absolute atomic E-state index is 13.2. The molecule has 4 nitrogen and oxygen atoms in total. The maximum Gasteiger partial charge on any atom is 0.255 e. The molecule has 1 N–H and O–H groups in total. The van der Waals surface area contributed by atoms with Crippen molar-refractivity contribution in [2.45, 2.75) is 0 Å². The molecule has 0 aromatic heterocycles. The van der Waals surface area contributed by atoms with Crippen molar-refractivity contribution in [1.82, 2.24) is 0 Å². The first kappa shape index (κ1) is 14.2. The summed E-state index contributed by atoms with van der Waals surface area (Å²) in [6.45, 7) is 0.119. The van der Waals surface area contributed by atoms with Crippen molar-refractivity contribution in [3.05, 3.63) is 51.2 Å². The Morgan fingerprint density at radius 1 is 1.24 bits per heavy atom. The van der Waals surface area contributed by atoms with Gasteiger partial charge in [-0.05, 0) is 34.1 Å². The van der Waals surface area contributed by atoms with E-state index in [1.165, 1.54) is 18.2 Å².